The third kappa shape index (κ3) is 6.58. The molecule has 5 nitrogen and oxygen atoms in total. The number of nitrogens with zero attached hydrogens (tertiary/aromatic N) is 2. The number of aliphatic hydroxyl groups is 1. The Morgan fingerprint density at radius 3 is 2.81 bits per heavy atom. The molecule has 0 aliphatic rings. The highest BCUT2D eigenvalue weighted by molar-refractivity contribution is 6.32. The molecule has 0 spiro atoms. The van der Waals surface area contributed by atoms with Crippen molar-refractivity contribution >= 4 is 23.2 Å². The fraction of sp³-hybridized carbons (Fsp3) is 0.467. The highest BCUT2D eigenvalue weighted by Gasteiger charge is 2.07. The van der Waals surface area contributed by atoms with Crippen LogP contribution in [0.4, 0.5) is 5.69 Å². The average molecular weight is 310 g/mol. The topological polar surface area (TPSA) is 76.4 Å². The normalized spacial score (nSPS) is 12.0. The van der Waals surface area contributed by atoms with Crippen molar-refractivity contribution < 1.29 is 9.90 Å². The van der Waals surface area contributed by atoms with E-state index in [-0.39, 0.29) is 12.0 Å². The van der Waals surface area contributed by atoms with Crippen LogP contribution in [0.15, 0.2) is 18.2 Å². The van der Waals surface area contributed by atoms with Gasteiger partial charge in [-0.1, -0.05) is 11.6 Å². The fourth-order valence-corrected chi connectivity index (χ4v) is 1.94. The third-order valence-corrected chi connectivity index (χ3v) is 3.34. The number of carbonyl (C=O) groups excluding carboxylic acids is 1. The van der Waals surface area contributed by atoms with Gasteiger partial charge in [0.2, 0.25) is 5.91 Å². The van der Waals surface area contributed by atoms with Gasteiger partial charge in [-0.3, -0.25) is 4.79 Å². The van der Waals surface area contributed by atoms with Crippen molar-refractivity contribution in [3.8, 4) is 6.07 Å². The Labute approximate surface area is 130 Å². The van der Waals surface area contributed by atoms with Crippen molar-refractivity contribution in [3.05, 3.63) is 28.8 Å². The first kappa shape index (κ1) is 17.4. The van der Waals surface area contributed by atoms with Gasteiger partial charge in [0.05, 0.1) is 16.7 Å². The first-order chi connectivity index (χ1) is 9.92. The maximum absolute atomic E-state index is 11.8. The molecule has 0 aliphatic heterocycles. The van der Waals surface area contributed by atoms with E-state index < -0.39 is 0 Å². The molecule has 1 unspecified atom stereocenters. The zero-order valence-corrected chi connectivity index (χ0v) is 13.0. The molecule has 0 heterocycles. The molecule has 1 atom stereocenters. The Morgan fingerprint density at radius 2 is 2.24 bits per heavy atom. The maximum atomic E-state index is 11.8. The quantitative estimate of drug-likeness (QED) is 0.810. The zero-order valence-electron chi connectivity index (χ0n) is 12.3. The molecule has 0 saturated carbocycles. The zero-order chi connectivity index (χ0) is 15.8. The SMILES string of the molecule is CC(O)CCN(C)CCC(=O)Nc1ccc(C#N)c(Cl)c1. The molecule has 0 aromatic heterocycles. The number of carbonyl (C=O) groups is 1. The van der Waals surface area contributed by atoms with Gasteiger partial charge in [0, 0.05) is 25.2 Å². The first-order valence-corrected chi connectivity index (χ1v) is 7.16. The standard InChI is InChI=1S/C15H20ClN3O2/c1-11(20)5-7-19(2)8-6-15(21)18-13-4-3-12(10-17)14(16)9-13/h3-4,9,11,20H,5-8H2,1-2H3,(H,18,21). The van der Waals surface area contributed by atoms with E-state index in [0.717, 1.165) is 6.54 Å². The second kappa shape index (κ2) is 8.63. The van der Waals surface area contributed by atoms with Crippen LogP contribution >= 0.6 is 11.6 Å². The number of rotatable bonds is 7. The van der Waals surface area contributed by atoms with Gasteiger partial charge in [-0.05, 0) is 38.6 Å². The second-order valence-electron chi connectivity index (χ2n) is 5.05. The summed E-state index contributed by atoms with van der Waals surface area (Å²) in [4.78, 5) is 13.8. The Bertz CT molecular complexity index is 526. The van der Waals surface area contributed by atoms with E-state index in [9.17, 15) is 9.90 Å². The van der Waals surface area contributed by atoms with Gasteiger partial charge in [-0.2, -0.15) is 5.26 Å². The van der Waals surface area contributed by atoms with Gasteiger partial charge >= 0.3 is 0 Å². The van der Waals surface area contributed by atoms with E-state index in [0.29, 0.717) is 35.7 Å². The molecule has 1 rings (SSSR count). The van der Waals surface area contributed by atoms with Gasteiger partial charge in [0.1, 0.15) is 6.07 Å². The highest BCUT2D eigenvalue weighted by Crippen LogP contribution is 2.20. The van der Waals surface area contributed by atoms with E-state index in [2.05, 4.69) is 5.32 Å². The number of hydrogen-bond acceptors (Lipinski definition) is 4. The summed E-state index contributed by atoms with van der Waals surface area (Å²) in [6.07, 6.45) is 0.708. The van der Waals surface area contributed by atoms with E-state index in [1.165, 1.54) is 0 Å². The Kier molecular flexibility index (Phi) is 7.17. The van der Waals surface area contributed by atoms with Crippen molar-refractivity contribution in [3.63, 3.8) is 0 Å². The summed E-state index contributed by atoms with van der Waals surface area (Å²) in [6.45, 7) is 3.10. The van der Waals surface area contributed by atoms with Crippen LogP contribution in [-0.2, 0) is 4.79 Å². The largest absolute Gasteiger partial charge is 0.393 e. The van der Waals surface area contributed by atoms with Gasteiger partial charge in [0.15, 0.2) is 0 Å². The van der Waals surface area contributed by atoms with Crippen molar-refractivity contribution in [2.75, 3.05) is 25.5 Å². The van der Waals surface area contributed by atoms with Crippen LogP contribution in [0.2, 0.25) is 5.02 Å². The molecule has 21 heavy (non-hydrogen) atoms. The molecule has 0 saturated heterocycles. The minimum Gasteiger partial charge on any atom is -0.393 e. The number of hydrogen-bond donors (Lipinski definition) is 2. The number of benzene rings is 1. The van der Waals surface area contributed by atoms with Crippen LogP contribution in [-0.4, -0.2) is 42.2 Å². The maximum Gasteiger partial charge on any atom is 0.225 e. The van der Waals surface area contributed by atoms with Crippen LogP contribution in [0.1, 0.15) is 25.3 Å². The molecule has 1 aromatic rings. The van der Waals surface area contributed by atoms with Crippen LogP contribution < -0.4 is 5.32 Å². The summed E-state index contributed by atoms with van der Waals surface area (Å²) >= 11 is 5.91. The van der Waals surface area contributed by atoms with Crippen molar-refractivity contribution in [1.29, 1.82) is 5.26 Å². The molecule has 1 aromatic carbocycles. The monoisotopic (exact) mass is 309 g/mol. The number of amides is 1. The first-order valence-electron chi connectivity index (χ1n) is 6.78. The Morgan fingerprint density at radius 1 is 1.52 bits per heavy atom. The van der Waals surface area contributed by atoms with E-state index in [1.54, 1.807) is 25.1 Å². The lowest BCUT2D eigenvalue weighted by Gasteiger charge is -2.17. The predicted octanol–water partition coefficient (Wildman–Crippen LogP) is 2.24. The Hall–Kier alpha value is -1.61. The van der Waals surface area contributed by atoms with Crippen LogP contribution in [0.3, 0.4) is 0 Å². The van der Waals surface area contributed by atoms with Gasteiger partial charge in [0.25, 0.3) is 0 Å². The predicted molar refractivity (Wildman–Crippen MR) is 83.2 cm³/mol. The Balaban J connectivity index is 2.40. The molecule has 0 aliphatic carbocycles. The van der Waals surface area contributed by atoms with E-state index >= 15 is 0 Å². The molecule has 114 valence electrons. The van der Waals surface area contributed by atoms with Gasteiger partial charge < -0.3 is 15.3 Å². The summed E-state index contributed by atoms with van der Waals surface area (Å²) in [5.74, 6) is -0.111. The molecule has 6 heteroatoms. The minimum absolute atomic E-state index is 0.111. The molecule has 1 amide bonds. The van der Waals surface area contributed by atoms with Crippen LogP contribution in [0, 0.1) is 11.3 Å². The smallest absolute Gasteiger partial charge is 0.225 e. The van der Waals surface area contributed by atoms with Crippen molar-refractivity contribution in [2.45, 2.75) is 25.9 Å². The number of nitriles is 1. The lowest BCUT2D eigenvalue weighted by atomic mass is 10.2. The summed E-state index contributed by atoms with van der Waals surface area (Å²) in [5.41, 5.74) is 0.961. The number of aliphatic hydroxyl groups excluding tert-OH is 1. The summed E-state index contributed by atoms with van der Waals surface area (Å²) in [5, 5.41) is 21.1. The van der Waals surface area contributed by atoms with E-state index in [4.69, 9.17) is 16.9 Å². The third-order valence-electron chi connectivity index (χ3n) is 3.02. The van der Waals surface area contributed by atoms with Crippen LogP contribution in [0.25, 0.3) is 0 Å². The van der Waals surface area contributed by atoms with E-state index in [1.807, 2.05) is 18.0 Å². The highest BCUT2D eigenvalue weighted by atomic mass is 35.5. The molecular formula is C15H20ClN3O2. The fourth-order valence-electron chi connectivity index (χ4n) is 1.72. The lowest BCUT2D eigenvalue weighted by Crippen LogP contribution is -2.26. The molecule has 0 radical (unpaired) electrons. The molecular weight excluding hydrogens is 290 g/mol. The number of anilines is 1. The molecule has 0 fully saturated rings. The van der Waals surface area contributed by atoms with Crippen LogP contribution in [0.5, 0.6) is 0 Å². The van der Waals surface area contributed by atoms with Gasteiger partial charge in [-0.25, -0.2) is 0 Å². The summed E-state index contributed by atoms with van der Waals surface area (Å²) in [6, 6.07) is 6.76. The molecule has 2 N–H and O–H groups in total. The van der Waals surface area contributed by atoms with Gasteiger partial charge in [-0.15, -0.1) is 0 Å². The molecule has 0 bridgehead atoms. The summed E-state index contributed by atoms with van der Waals surface area (Å²) < 4.78 is 0. The lowest BCUT2D eigenvalue weighted by molar-refractivity contribution is -0.116. The minimum atomic E-state index is -0.331. The number of halogens is 1. The van der Waals surface area contributed by atoms with Crippen molar-refractivity contribution in [2.24, 2.45) is 0 Å². The second-order valence-corrected chi connectivity index (χ2v) is 5.45. The number of nitrogens with one attached hydrogen (secondary N) is 1. The average Bonchev–Trinajstić information content (AvgIpc) is 2.43. The van der Waals surface area contributed by atoms with Crippen molar-refractivity contribution in [1.82, 2.24) is 4.90 Å². The summed E-state index contributed by atoms with van der Waals surface area (Å²) in [7, 11) is 1.91.